The first kappa shape index (κ1) is 11.9. The van der Waals surface area contributed by atoms with E-state index in [1.807, 2.05) is 13.8 Å². The van der Waals surface area contributed by atoms with Crippen LogP contribution in [0, 0.1) is 6.92 Å². The summed E-state index contributed by atoms with van der Waals surface area (Å²) in [5.74, 6) is 1.37. The molecule has 0 aromatic carbocycles. The summed E-state index contributed by atoms with van der Waals surface area (Å²) in [5, 5.41) is 0. The van der Waals surface area contributed by atoms with Crippen LogP contribution in [0.2, 0.25) is 0 Å². The summed E-state index contributed by atoms with van der Waals surface area (Å²) in [6.45, 7) is 7.38. The zero-order valence-corrected chi connectivity index (χ0v) is 9.71. The number of nitrogens with zero attached hydrogens (tertiary/aromatic N) is 2. The molecule has 0 fully saturated rings. The van der Waals surface area contributed by atoms with Crippen LogP contribution < -0.4 is 5.73 Å². The van der Waals surface area contributed by atoms with Gasteiger partial charge in [0.05, 0.1) is 6.61 Å². The Labute approximate surface area is 90.9 Å². The molecule has 0 atom stereocenters. The summed E-state index contributed by atoms with van der Waals surface area (Å²) >= 11 is 0. The van der Waals surface area contributed by atoms with Crippen LogP contribution in [0.25, 0.3) is 0 Å². The Hall–Kier alpha value is -1.16. The number of hydrogen-bond donors (Lipinski definition) is 1. The van der Waals surface area contributed by atoms with Crippen LogP contribution in [0.4, 0.5) is 5.82 Å². The second-order valence-corrected chi connectivity index (χ2v) is 3.40. The number of ether oxygens (including phenoxy) is 1. The van der Waals surface area contributed by atoms with Gasteiger partial charge in [-0.15, -0.1) is 0 Å². The Bertz CT molecular complexity index is 326. The Morgan fingerprint density at radius 3 is 2.60 bits per heavy atom. The number of nitrogens with two attached hydrogens (primary N) is 1. The van der Waals surface area contributed by atoms with Gasteiger partial charge in [0.25, 0.3) is 0 Å². The van der Waals surface area contributed by atoms with Crippen LogP contribution in [0.3, 0.4) is 0 Å². The predicted molar refractivity (Wildman–Crippen MR) is 60.8 cm³/mol. The van der Waals surface area contributed by atoms with Crippen molar-refractivity contribution >= 4 is 5.82 Å². The van der Waals surface area contributed by atoms with Crippen molar-refractivity contribution in [3.8, 4) is 0 Å². The molecule has 0 amide bonds. The standard InChI is InChI=1S/C11H19N3O/c1-4-9-8(3)11(12)14-10(13-9)6-7-15-5-2/h4-7H2,1-3H3,(H2,12,13,14). The lowest BCUT2D eigenvalue weighted by Gasteiger charge is -2.08. The van der Waals surface area contributed by atoms with E-state index in [0.717, 1.165) is 36.5 Å². The average molecular weight is 209 g/mol. The highest BCUT2D eigenvalue weighted by atomic mass is 16.5. The van der Waals surface area contributed by atoms with Gasteiger partial charge in [-0.25, -0.2) is 9.97 Å². The van der Waals surface area contributed by atoms with Crippen molar-refractivity contribution in [3.05, 3.63) is 17.1 Å². The molecule has 0 radical (unpaired) electrons. The number of hydrogen-bond acceptors (Lipinski definition) is 4. The molecule has 0 aliphatic heterocycles. The van der Waals surface area contributed by atoms with E-state index in [1.54, 1.807) is 0 Å². The first-order valence-corrected chi connectivity index (χ1v) is 5.38. The van der Waals surface area contributed by atoms with Gasteiger partial charge in [0.15, 0.2) is 0 Å². The van der Waals surface area contributed by atoms with E-state index < -0.39 is 0 Å². The fourth-order valence-corrected chi connectivity index (χ4v) is 1.40. The molecule has 0 saturated carbocycles. The van der Waals surface area contributed by atoms with Gasteiger partial charge in [0.1, 0.15) is 11.6 Å². The number of aryl methyl sites for hydroxylation is 1. The molecule has 15 heavy (non-hydrogen) atoms. The normalized spacial score (nSPS) is 10.6. The molecule has 4 nitrogen and oxygen atoms in total. The summed E-state index contributed by atoms with van der Waals surface area (Å²) in [5.41, 5.74) is 7.84. The third-order valence-electron chi connectivity index (χ3n) is 2.34. The molecule has 0 unspecified atom stereocenters. The van der Waals surface area contributed by atoms with Crippen molar-refractivity contribution in [1.82, 2.24) is 9.97 Å². The second-order valence-electron chi connectivity index (χ2n) is 3.40. The second kappa shape index (κ2) is 5.66. The van der Waals surface area contributed by atoms with Crippen LogP contribution in [0.5, 0.6) is 0 Å². The van der Waals surface area contributed by atoms with Crippen molar-refractivity contribution in [1.29, 1.82) is 0 Å². The molecular formula is C11H19N3O. The number of rotatable bonds is 5. The zero-order valence-electron chi connectivity index (χ0n) is 9.71. The third-order valence-corrected chi connectivity index (χ3v) is 2.34. The van der Waals surface area contributed by atoms with Gasteiger partial charge in [-0.2, -0.15) is 0 Å². The van der Waals surface area contributed by atoms with Crippen molar-refractivity contribution in [3.63, 3.8) is 0 Å². The molecule has 0 aliphatic carbocycles. The van der Waals surface area contributed by atoms with Gasteiger partial charge in [-0.1, -0.05) is 6.92 Å². The highest BCUT2D eigenvalue weighted by Gasteiger charge is 2.06. The van der Waals surface area contributed by atoms with Crippen molar-refractivity contribution in [2.24, 2.45) is 0 Å². The highest BCUT2D eigenvalue weighted by Crippen LogP contribution is 2.12. The summed E-state index contributed by atoms with van der Waals surface area (Å²) in [6, 6.07) is 0. The third kappa shape index (κ3) is 3.16. The lowest BCUT2D eigenvalue weighted by molar-refractivity contribution is 0.149. The molecule has 1 aromatic heterocycles. The van der Waals surface area contributed by atoms with E-state index in [0.29, 0.717) is 12.4 Å². The molecule has 1 aromatic rings. The fourth-order valence-electron chi connectivity index (χ4n) is 1.40. The molecule has 0 spiro atoms. The molecule has 1 rings (SSSR count). The summed E-state index contributed by atoms with van der Waals surface area (Å²) < 4.78 is 5.26. The minimum atomic E-state index is 0.591. The van der Waals surface area contributed by atoms with Crippen LogP contribution in [0.15, 0.2) is 0 Å². The Morgan fingerprint density at radius 1 is 1.27 bits per heavy atom. The molecular weight excluding hydrogens is 190 g/mol. The van der Waals surface area contributed by atoms with E-state index in [-0.39, 0.29) is 0 Å². The van der Waals surface area contributed by atoms with E-state index in [1.165, 1.54) is 0 Å². The summed E-state index contributed by atoms with van der Waals surface area (Å²) in [4.78, 5) is 8.69. The molecule has 1 heterocycles. The van der Waals surface area contributed by atoms with Crippen molar-refractivity contribution in [2.45, 2.75) is 33.6 Å². The Balaban J connectivity index is 2.77. The monoisotopic (exact) mass is 209 g/mol. The van der Waals surface area contributed by atoms with Crippen LogP contribution in [-0.2, 0) is 17.6 Å². The summed E-state index contributed by atoms with van der Waals surface area (Å²) in [7, 11) is 0. The Morgan fingerprint density at radius 2 is 2.00 bits per heavy atom. The minimum Gasteiger partial charge on any atom is -0.383 e. The quantitative estimate of drug-likeness (QED) is 0.747. The van der Waals surface area contributed by atoms with Crippen LogP contribution in [-0.4, -0.2) is 23.2 Å². The lowest BCUT2D eigenvalue weighted by Crippen LogP contribution is -2.09. The van der Waals surface area contributed by atoms with Gasteiger partial charge in [-0.3, -0.25) is 0 Å². The maximum absolute atomic E-state index is 5.81. The maximum Gasteiger partial charge on any atom is 0.133 e. The number of aromatic nitrogens is 2. The average Bonchev–Trinajstić information content (AvgIpc) is 2.23. The fraction of sp³-hybridized carbons (Fsp3) is 0.636. The van der Waals surface area contributed by atoms with E-state index in [9.17, 15) is 0 Å². The maximum atomic E-state index is 5.81. The van der Waals surface area contributed by atoms with Crippen LogP contribution >= 0.6 is 0 Å². The van der Waals surface area contributed by atoms with Crippen LogP contribution in [0.1, 0.15) is 30.9 Å². The molecule has 2 N–H and O–H groups in total. The summed E-state index contributed by atoms with van der Waals surface area (Å²) in [6.07, 6.45) is 1.62. The van der Waals surface area contributed by atoms with Gasteiger partial charge in [0.2, 0.25) is 0 Å². The SMILES string of the molecule is CCOCCc1nc(N)c(C)c(CC)n1. The largest absolute Gasteiger partial charge is 0.383 e. The Kier molecular flexibility index (Phi) is 4.49. The molecule has 84 valence electrons. The van der Waals surface area contributed by atoms with E-state index in [2.05, 4.69) is 16.9 Å². The van der Waals surface area contributed by atoms with Gasteiger partial charge in [0, 0.05) is 24.3 Å². The smallest absolute Gasteiger partial charge is 0.133 e. The topological polar surface area (TPSA) is 61.0 Å². The minimum absolute atomic E-state index is 0.591. The van der Waals surface area contributed by atoms with E-state index >= 15 is 0 Å². The number of nitrogen functional groups attached to an aromatic ring is 1. The lowest BCUT2D eigenvalue weighted by atomic mass is 10.2. The zero-order chi connectivity index (χ0) is 11.3. The van der Waals surface area contributed by atoms with E-state index in [4.69, 9.17) is 10.5 Å². The highest BCUT2D eigenvalue weighted by molar-refractivity contribution is 5.41. The first-order chi connectivity index (χ1) is 7.19. The first-order valence-electron chi connectivity index (χ1n) is 5.38. The van der Waals surface area contributed by atoms with Crippen molar-refractivity contribution in [2.75, 3.05) is 18.9 Å². The van der Waals surface area contributed by atoms with Gasteiger partial charge >= 0.3 is 0 Å². The predicted octanol–water partition coefficient (Wildman–Crippen LogP) is 1.51. The molecule has 4 heteroatoms. The molecule has 0 bridgehead atoms. The van der Waals surface area contributed by atoms with Gasteiger partial charge < -0.3 is 10.5 Å². The van der Waals surface area contributed by atoms with Gasteiger partial charge in [-0.05, 0) is 20.3 Å². The molecule has 0 saturated heterocycles. The van der Waals surface area contributed by atoms with Crippen molar-refractivity contribution < 1.29 is 4.74 Å². The molecule has 0 aliphatic rings. The number of anilines is 1.